The Morgan fingerprint density at radius 3 is 2.64 bits per heavy atom. The highest BCUT2D eigenvalue weighted by molar-refractivity contribution is 5.78. The smallest absolute Gasteiger partial charge is 0.258 e. The zero-order chi connectivity index (χ0) is 18.3. The van der Waals surface area contributed by atoms with E-state index in [-0.39, 0.29) is 18.1 Å². The van der Waals surface area contributed by atoms with Gasteiger partial charge < -0.3 is 15.4 Å². The molecule has 1 aliphatic rings. The molecule has 1 atom stereocenters. The maximum atomic E-state index is 11.8. The van der Waals surface area contributed by atoms with Crippen LogP contribution in [0.4, 0.5) is 0 Å². The predicted octanol–water partition coefficient (Wildman–Crippen LogP) is 2.55. The summed E-state index contributed by atoms with van der Waals surface area (Å²) in [7, 11) is 0. The Morgan fingerprint density at radius 1 is 1.28 bits per heavy atom. The number of likely N-dealkylation sites (N-methyl/N-ethyl adjacent to an activating group) is 1. The molecule has 0 bridgehead atoms. The van der Waals surface area contributed by atoms with Gasteiger partial charge in [0.15, 0.2) is 6.61 Å². The third-order valence-corrected chi connectivity index (χ3v) is 4.42. The molecule has 0 aromatic heterocycles. The quantitative estimate of drug-likeness (QED) is 0.759. The molecule has 140 valence electrons. The highest BCUT2D eigenvalue weighted by Crippen LogP contribution is 2.16. The van der Waals surface area contributed by atoms with Crippen molar-refractivity contribution < 1.29 is 9.53 Å². The maximum absolute atomic E-state index is 11.8. The molecule has 1 heterocycles. The van der Waals surface area contributed by atoms with Crippen molar-refractivity contribution in [3.05, 3.63) is 29.8 Å². The molecule has 0 saturated carbocycles. The van der Waals surface area contributed by atoms with Crippen LogP contribution in [0.3, 0.4) is 0 Å². The van der Waals surface area contributed by atoms with Gasteiger partial charge in [0.05, 0.1) is 0 Å². The van der Waals surface area contributed by atoms with Crippen LogP contribution in [0.25, 0.3) is 0 Å². The van der Waals surface area contributed by atoms with E-state index in [2.05, 4.69) is 34.6 Å². The van der Waals surface area contributed by atoms with Crippen LogP contribution in [-0.2, 0) is 11.3 Å². The van der Waals surface area contributed by atoms with Crippen molar-refractivity contribution in [3.63, 3.8) is 0 Å². The lowest BCUT2D eigenvalue weighted by molar-refractivity contribution is -0.124. The van der Waals surface area contributed by atoms with Crippen LogP contribution in [0.2, 0.25) is 0 Å². The number of likely N-dealkylation sites (tertiary alicyclic amines) is 1. The second-order valence-corrected chi connectivity index (χ2v) is 7.79. The molecule has 1 fully saturated rings. The second-order valence-electron chi connectivity index (χ2n) is 7.79. The third kappa shape index (κ3) is 7.04. The van der Waals surface area contributed by atoms with Gasteiger partial charge in [-0.15, -0.1) is 0 Å². The highest BCUT2D eigenvalue weighted by atomic mass is 16.5. The first-order valence-electron chi connectivity index (χ1n) is 9.35. The lowest BCUT2D eigenvalue weighted by Crippen LogP contribution is -2.43. The number of benzene rings is 1. The van der Waals surface area contributed by atoms with Crippen molar-refractivity contribution >= 4 is 5.91 Å². The van der Waals surface area contributed by atoms with Crippen molar-refractivity contribution in [3.8, 4) is 5.75 Å². The van der Waals surface area contributed by atoms with E-state index in [0.29, 0.717) is 6.04 Å². The fourth-order valence-electron chi connectivity index (χ4n) is 3.23. The van der Waals surface area contributed by atoms with Crippen LogP contribution in [-0.4, -0.2) is 48.6 Å². The zero-order valence-corrected chi connectivity index (χ0v) is 16.1. The summed E-state index contributed by atoms with van der Waals surface area (Å²) < 4.78 is 5.54. The summed E-state index contributed by atoms with van der Waals surface area (Å²) in [5.74, 6) is 0.621. The Balaban J connectivity index is 1.70. The van der Waals surface area contributed by atoms with Gasteiger partial charge in [0.2, 0.25) is 0 Å². The fraction of sp³-hybridized carbons (Fsp3) is 0.650. The van der Waals surface area contributed by atoms with Gasteiger partial charge in [-0.3, -0.25) is 9.69 Å². The second kappa shape index (κ2) is 9.20. The van der Waals surface area contributed by atoms with Crippen LogP contribution >= 0.6 is 0 Å². The normalized spacial score (nSPS) is 18.3. The Labute approximate surface area is 152 Å². The highest BCUT2D eigenvalue weighted by Gasteiger charge is 2.22. The SMILES string of the molecule is CCN1CCCC1CNCc1ccc(OCC(=O)NC(C)(C)C)cc1. The minimum atomic E-state index is -0.233. The van der Waals surface area contributed by atoms with Crippen LogP contribution < -0.4 is 15.4 Å². The lowest BCUT2D eigenvalue weighted by atomic mass is 10.1. The standard InChI is InChI=1S/C20H33N3O2/c1-5-23-12-6-7-17(23)14-21-13-16-8-10-18(11-9-16)25-15-19(24)22-20(2,3)4/h8-11,17,21H,5-7,12-15H2,1-4H3,(H,22,24). The Morgan fingerprint density at radius 2 is 2.00 bits per heavy atom. The van der Waals surface area contributed by atoms with Crippen molar-refractivity contribution in [1.82, 2.24) is 15.5 Å². The topological polar surface area (TPSA) is 53.6 Å². The van der Waals surface area contributed by atoms with Crippen molar-refractivity contribution in [2.75, 3.05) is 26.2 Å². The summed E-state index contributed by atoms with van der Waals surface area (Å²) in [6.45, 7) is 12.4. The van der Waals surface area contributed by atoms with Crippen LogP contribution in [0.1, 0.15) is 46.1 Å². The molecule has 0 aliphatic carbocycles. The van der Waals surface area contributed by atoms with Crippen LogP contribution in [0.5, 0.6) is 5.75 Å². The lowest BCUT2D eigenvalue weighted by Gasteiger charge is -2.23. The van der Waals surface area contributed by atoms with E-state index in [9.17, 15) is 4.79 Å². The predicted molar refractivity (Wildman–Crippen MR) is 102 cm³/mol. The van der Waals surface area contributed by atoms with Gasteiger partial charge in [-0.1, -0.05) is 19.1 Å². The van der Waals surface area contributed by atoms with E-state index in [1.807, 2.05) is 32.9 Å². The summed E-state index contributed by atoms with van der Waals surface area (Å²) in [4.78, 5) is 14.3. The summed E-state index contributed by atoms with van der Waals surface area (Å²) >= 11 is 0. The van der Waals surface area contributed by atoms with E-state index in [1.165, 1.54) is 24.9 Å². The van der Waals surface area contributed by atoms with Crippen molar-refractivity contribution in [1.29, 1.82) is 0 Å². The number of ether oxygens (including phenoxy) is 1. The Bertz CT molecular complexity index is 537. The average Bonchev–Trinajstić information content (AvgIpc) is 3.00. The summed E-state index contributed by atoms with van der Waals surface area (Å²) in [5, 5.41) is 6.44. The summed E-state index contributed by atoms with van der Waals surface area (Å²) in [6, 6.07) is 8.63. The van der Waals surface area contributed by atoms with Crippen molar-refractivity contribution in [2.24, 2.45) is 0 Å². The monoisotopic (exact) mass is 347 g/mol. The minimum absolute atomic E-state index is 0.0450. The molecule has 2 rings (SSSR count). The molecule has 0 radical (unpaired) electrons. The fourth-order valence-corrected chi connectivity index (χ4v) is 3.23. The van der Waals surface area contributed by atoms with Gasteiger partial charge in [-0.05, 0) is 64.4 Å². The van der Waals surface area contributed by atoms with E-state index in [0.717, 1.165) is 25.4 Å². The first-order valence-corrected chi connectivity index (χ1v) is 9.35. The number of carbonyl (C=O) groups is 1. The number of hydrogen-bond acceptors (Lipinski definition) is 4. The van der Waals surface area contributed by atoms with Crippen molar-refractivity contribution in [2.45, 2.75) is 58.7 Å². The summed E-state index contributed by atoms with van der Waals surface area (Å²) in [6.07, 6.45) is 2.61. The van der Waals surface area contributed by atoms with E-state index < -0.39 is 0 Å². The minimum Gasteiger partial charge on any atom is -0.484 e. The molecule has 5 heteroatoms. The molecular weight excluding hydrogens is 314 g/mol. The number of rotatable bonds is 8. The Hall–Kier alpha value is -1.59. The summed E-state index contributed by atoms with van der Waals surface area (Å²) in [5.41, 5.74) is 0.996. The molecular formula is C20H33N3O2. The van der Waals surface area contributed by atoms with Gasteiger partial charge >= 0.3 is 0 Å². The molecule has 1 amide bonds. The van der Waals surface area contributed by atoms with E-state index >= 15 is 0 Å². The molecule has 1 aromatic rings. The zero-order valence-electron chi connectivity index (χ0n) is 16.1. The van der Waals surface area contributed by atoms with Gasteiger partial charge in [0.1, 0.15) is 5.75 Å². The largest absolute Gasteiger partial charge is 0.484 e. The molecule has 0 spiro atoms. The van der Waals surface area contributed by atoms with Crippen LogP contribution in [0, 0.1) is 0 Å². The molecule has 5 nitrogen and oxygen atoms in total. The third-order valence-electron chi connectivity index (χ3n) is 4.42. The number of nitrogens with zero attached hydrogens (tertiary/aromatic N) is 1. The maximum Gasteiger partial charge on any atom is 0.258 e. The molecule has 1 aromatic carbocycles. The van der Waals surface area contributed by atoms with Gasteiger partial charge in [0.25, 0.3) is 5.91 Å². The molecule has 25 heavy (non-hydrogen) atoms. The molecule has 1 saturated heterocycles. The van der Waals surface area contributed by atoms with Crippen LogP contribution in [0.15, 0.2) is 24.3 Å². The van der Waals surface area contributed by atoms with Gasteiger partial charge in [-0.25, -0.2) is 0 Å². The number of hydrogen-bond donors (Lipinski definition) is 2. The van der Waals surface area contributed by atoms with E-state index in [4.69, 9.17) is 4.74 Å². The van der Waals surface area contributed by atoms with Gasteiger partial charge in [0, 0.05) is 24.7 Å². The molecule has 1 unspecified atom stereocenters. The Kier molecular flexibility index (Phi) is 7.26. The first-order chi connectivity index (χ1) is 11.9. The average molecular weight is 348 g/mol. The van der Waals surface area contributed by atoms with Gasteiger partial charge in [-0.2, -0.15) is 0 Å². The molecule has 1 aliphatic heterocycles. The number of amides is 1. The first kappa shape index (κ1) is 19.7. The number of carbonyl (C=O) groups excluding carboxylic acids is 1. The number of nitrogens with one attached hydrogen (secondary N) is 2. The molecule has 2 N–H and O–H groups in total. The van der Waals surface area contributed by atoms with E-state index in [1.54, 1.807) is 0 Å².